The Morgan fingerprint density at radius 3 is 2.73 bits per heavy atom. The van der Waals surface area contributed by atoms with Crippen molar-refractivity contribution in [3.63, 3.8) is 0 Å². The fourth-order valence-corrected chi connectivity index (χ4v) is 3.19. The third-order valence-corrected chi connectivity index (χ3v) is 4.59. The van der Waals surface area contributed by atoms with Gasteiger partial charge in [-0.25, -0.2) is 9.67 Å². The van der Waals surface area contributed by atoms with Gasteiger partial charge in [0, 0.05) is 21.9 Å². The van der Waals surface area contributed by atoms with Gasteiger partial charge in [-0.1, -0.05) is 34.1 Å². The molecule has 0 radical (unpaired) electrons. The minimum atomic E-state index is -0.0634. The van der Waals surface area contributed by atoms with Crippen molar-refractivity contribution < 1.29 is 4.79 Å². The molecule has 26 heavy (non-hydrogen) atoms. The molecule has 2 aromatic carbocycles. The number of halogens is 1. The lowest BCUT2D eigenvalue weighted by molar-refractivity contribution is -0.116. The Morgan fingerprint density at radius 2 is 1.96 bits per heavy atom. The number of carbonyl (C=O) groups excluding carboxylic acids is 1. The number of nitrogens with zero attached hydrogens (tertiary/aromatic N) is 4. The van der Waals surface area contributed by atoms with Crippen molar-refractivity contribution in [2.24, 2.45) is 0 Å². The second-order valence-electron chi connectivity index (χ2n) is 5.98. The molecule has 4 aromatic rings. The summed E-state index contributed by atoms with van der Waals surface area (Å²) in [7, 11) is 0. The van der Waals surface area contributed by atoms with Crippen LogP contribution in [-0.4, -0.2) is 25.2 Å². The summed E-state index contributed by atoms with van der Waals surface area (Å²) in [6.45, 7) is 0.916. The number of fused-ring (bicyclic) bond motifs is 1. The number of nitrogens with one attached hydrogen (secondary N) is 1. The normalized spacial score (nSPS) is 11.0. The second-order valence-corrected chi connectivity index (χ2v) is 6.90. The molecule has 130 valence electrons. The van der Waals surface area contributed by atoms with Crippen LogP contribution in [0, 0.1) is 0 Å². The van der Waals surface area contributed by atoms with E-state index < -0.39 is 0 Å². The van der Waals surface area contributed by atoms with Crippen LogP contribution in [0.4, 0.5) is 5.69 Å². The molecule has 0 atom stereocenters. The van der Waals surface area contributed by atoms with Crippen molar-refractivity contribution in [3.8, 4) is 0 Å². The van der Waals surface area contributed by atoms with Crippen molar-refractivity contribution >= 4 is 38.4 Å². The highest BCUT2D eigenvalue weighted by Crippen LogP contribution is 2.21. The first-order valence-electron chi connectivity index (χ1n) is 8.13. The predicted octanol–water partition coefficient (Wildman–Crippen LogP) is 3.68. The van der Waals surface area contributed by atoms with E-state index in [0.29, 0.717) is 6.54 Å². The Hall–Kier alpha value is -2.93. The zero-order chi connectivity index (χ0) is 17.9. The zero-order valence-electron chi connectivity index (χ0n) is 13.8. The maximum atomic E-state index is 12.4. The molecular weight excluding hydrogens is 394 g/mol. The molecule has 0 saturated heterocycles. The highest BCUT2D eigenvalue weighted by Gasteiger charge is 2.07. The van der Waals surface area contributed by atoms with E-state index in [1.807, 2.05) is 59.3 Å². The molecule has 2 heterocycles. The van der Waals surface area contributed by atoms with Crippen LogP contribution in [0.25, 0.3) is 10.9 Å². The minimum absolute atomic E-state index is 0.0634. The van der Waals surface area contributed by atoms with Crippen LogP contribution < -0.4 is 5.32 Å². The lowest BCUT2D eigenvalue weighted by Crippen LogP contribution is -2.18. The lowest BCUT2D eigenvalue weighted by Gasteiger charge is -2.09. The first-order valence-corrected chi connectivity index (χ1v) is 8.92. The standard InChI is InChI=1S/C19H16BrN5O/c20-16-4-3-15-7-8-24(18(15)9-16)11-19(26)23-17-5-1-14(2-6-17)10-25-13-21-12-22-25/h1-9,12-13H,10-11H2,(H,23,26). The Labute approximate surface area is 158 Å². The zero-order valence-corrected chi connectivity index (χ0v) is 15.4. The van der Waals surface area contributed by atoms with Gasteiger partial charge in [-0.2, -0.15) is 5.10 Å². The number of benzene rings is 2. The third-order valence-electron chi connectivity index (χ3n) is 4.10. The van der Waals surface area contributed by atoms with E-state index >= 15 is 0 Å². The van der Waals surface area contributed by atoms with Crippen LogP contribution in [0.1, 0.15) is 5.56 Å². The van der Waals surface area contributed by atoms with Crippen LogP contribution in [0.2, 0.25) is 0 Å². The molecule has 0 fully saturated rings. The number of hydrogen-bond acceptors (Lipinski definition) is 3. The van der Waals surface area contributed by atoms with Crippen molar-refractivity contribution in [2.75, 3.05) is 5.32 Å². The van der Waals surface area contributed by atoms with Crippen LogP contribution in [0.3, 0.4) is 0 Å². The quantitative estimate of drug-likeness (QED) is 0.546. The summed E-state index contributed by atoms with van der Waals surface area (Å²) in [6, 6.07) is 15.8. The van der Waals surface area contributed by atoms with Crippen LogP contribution >= 0.6 is 15.9 Å². The van der Waals surface area contributed by atoms with E-state index in [1.165, 1.54) is 6.33 Å². The number of hydrogen-bond donors (Lipinski definition) is 1. The fourth-order valence-electron chi connectivity index (χ4n) is 2.85. The Kier molecular flexibility index (Phi) is 4.53. The summed E-state index contributed by atoms with van der Waals surface area (Å²) in [5, 5.41) is 8.13. The van der Waals surface area contributed by atoms with Crippen molar-refractivity contribution in [3.05, 3.63) is 77.4 Å². The van der Waals surface area contributed by atoms with Gasteiger partial charge in [-0.15, -0.1) is 0 Å². The van der Waals surface area contributed by atoms with Gasteiger partial charge < -0.3 is 9.88 Å². The summed E-state index contributed by atoms with van der Waals surface area (Å²) in [4.78, 5) is 16.3. The van der Waals surface area contributed by atoms with Crippen molar-refractivity contribution in [2.45, 2.75) is 13.1 Å². The average molecular weight is 410 g/mol. The molecular formula is C19H16BrN5O. The topological polar surface area (TPSA) is 64.7 Å². The summed E-state index contributed by atoms with van der Waals surface area (Å²) in [5.41, 5.74) is 2.89. The van der Waals surface area contributed by atoms with Gasteiger partial charge in [-0.3, -0.25) is 4.79 Å². The number of aromatic nitrogens is 4. The Balaban J connectivity index is 1.42. The first-order chi connectivity index (χ1) is 12.7. The van der Waals surface area contributed by atoms with Gasteiger partial charge in [0.1, 0.15) is 19.2 Å². The number of amides is 1. The van der Waals surface area contributed by atoms with Gasteiger partial charge in [0.05, 0.1) is 6.54 Å². The number of carbonyl (C=O) groups is 1. The van der Waals surface area contributed by atoms with Gasteiger partial charge >= 0.3 is 0 Å². The summed E-state index contributed by atoms with van der Waals surface area (Å²) in [5.74, 6) is -0.0634. The molecule has 0 aliphatic carbocycles. The van der Waals surface area contributed by atoms with Crippen LogP contribution in [0.15, 0.2) is 71.9 Å². The molecule has 1 N–H and O–H groups in total. The molecule has 0 spiro atoms. The van der Waals surface area contributed by atoms with Crippen LogP contribution in [-0.2, 0) is 17.9 Å². The monoisotopic (exact) mass is 409 g/mol. The minimum Gasteiger partial charge on any atom is -0.338 e. The van der Waals surface area contributed by atoms with E-state index in [0.717, 1.165) is 26.6 Å². The van der Waals surface area contributed by atoms with E-state index in [4.69, 9.17) is 0 Å². The molecule has 7 heteroatoms. The van der Waals surface area contributed by atoms with E-state index in [1.54, 1.807) is 11.0 Å². The highest BCUT2D eigenvalue weighted by atomic mass is 79.9. The Morgan fingerprint density at radius 1 is 1.12 bits per heavy atom. The molecule has 0 bridgehead atoms. The lowest BCUT2D eigenvalue weighted by atomic mass is 10.2. The molecule has 2 aromatic heterocycles. The predicted molar refractivity (Wildman–Crippen MR) is 104 cm³/mol. The highest BCUT2D eigenvalue weighted by molar-refractivity contribution is 9.10. The van der Waals surface area contributed by atoms with Gasteiger partial charge in [-0.05, 0) is 41.3 Å². The first kappa shape index (κ1) is 16.5. The fraction of sp³-hybridized carbons (Fsp3) is 0.105. The number of rotatable bonds is 5. The van der Waals surface area contributed by atoms with E-state index in [2.05, 4.69) is 31.3 Å². The smallest absolute Gasteiger partial charge is 0.244 e. The molecule has 0 aliphatic rings. The molecule has 0 aliphatic heterocycles. The summed E-state index contributed by atoms with van der Waals surface area (Å²) in [6.07, 6.45) is 5.12. The van der Waals surface area contributed by atoms with Crippen LogP contribution in [0.5, 0.6) is 0 Å². The Bertz CT molecular complexity index is 1040. The SMILES string of the molecule is O=C(Cn1ccc2ccc(Br)cc21)Nc1ccc(Cn2cncn2)cc1. The van der Waals surface area contributed by atoms with Crippen molar-refractivity contribution in [1.29, 1.82) is 0 Å². The molecule has 6 nitrogen and oxygen atoms in total. The largest absolute Gasteiger partial charge is 0.338 e. The van der Waals surface area contributed by atoms with Gasteiger partial charge in [0.2, 0.25) is 5.91 Å². The van der Waals surface area contributed by atoms with E-state index in [9.17, 15) is 4.79 Å². The average Bonchev–Trinajstić information content (AvgIpc) is 3.27. The molecule has 1 amide bonds. The second kappa shape index (κ2) is 7.13. The summed E-state index contributed by atoms with van der Waals surface area (Å²) >= 11 is 3.48. The maximum Gasteiger partial charge on any atom is 0.244 e. The van der Waals surface area contributed by atoms with Crippen molar-refractivity contribution in [1.82, 2.24) is 19.3 Å². The third kappa shape index (κ3) is 3.67. The van der Waals surface area contributed by atoms with Gasteiger partial charge in [0.25, 0.3) is 0 Å². The molecule has 0 unspecified atom stereocenters. The molecule has 4 rings (SSSR count). The summed E-state index contributed by atoms with van der Waals surface area (Å²) < 4.78 is 4.69. The molecule has 0 saturated carbocycles. The number of anilines is 1. The van der Waals surface area contributed by atoms with Gasteiger partial charge in [0.15, 0.2) is 0 Å². The maximum absolute atomic E-state index is 12.4. The van der Waals surface area contributed by atoms with E-state index in [-0.39, 0.29) is 12.5 Å².